The first kappa shape index (κ1) is 114. The fourth-order valence-electron chi connectivity index (χ4n) is 16.0. The lowest BCUT2D eigenvalue weighted by Crippen LogP contribution is -2.70. The third-order valence-corrected chi connectivity index (χ3v) is 20.6. The molecule has 35 atom stereocenters. The van der Waals surface area contributed by atoms with Crippen LogP contribution in [0, 0.1) is 0 Å². The van der Waals surface area contributed by atoms with Crippen molar-refractivity contribution in [1.29, 1.82) is 0 Å². The van der Waals surface area contributed by atoms with Gasteiger partial charge in [0.25, 0.3) is 0 Å². The predicted octanol–water partition coefficient (Wildman–Crippen LogP) is -3.24. The normalized spacial score (nSPS) is 34.6. The summed E-state index contributed by atoms with van der Waals surface area (Å²) in [7, 11) is 0. The van der Waals surface area contributed by atoms with Gasteiger partial charge in [0.2, 0.25) is 0 Å². The largest absolute Gasteiger partial charge is 0.463 e. The Hall–Kier alpha value is -11.7. The molecule has 21 fully saturated rings. The topological polar surface area (TPSA) is 682 Å². The Labute approximate surface area is 795 Å². The van der Waals surface area contributed by atoms with Crippen LogP contribution in [0.15, 0.2) is 0 Å². The Morgan fingerprint density at radius 1 is 0.129 bits per heavy atom. The molecule has 0 N–H and O–H groups in total. The van der Waals surface area contributed by atoms with Crippen LogP contribution in [0.2, 0.25) is 0 Å². The van der Waals surface area contributed by atoms with Crippen molar-refractivity contribution < 1.29 is 266 Å². The Morgan fingerprint density at radius 3 is 0.293 bits per heavy atom. The second-order valence-corrected chi connectivity index (χ2v) is 32.2. The molecule has 14 bridgehead atoms. The highest BCUT2D eigenvalue weighted by atomic mass is 16.8. The number of hydrogen-bond acceptors (Lipinski definition) is 56. The fourth-order valence-corrected chi connectivity index (χ4v) is 16.0. The van der Waals surface area contributed by atoms with Gasteiger partial charge in [-0.3, -0.25) is 101 Å². The van der Waals surface area contributed by atoms with Gasteiger partial charge in [-0.05, 0) is 0 Å². The fraction of sp³-hybridized carbons (Fsp3) is 0.750. The summed E-state index contributed by atoms with van der Waals surface area (Å²) in [6.45, 7) is 9.45. The lowest BCUT2D eigenvalue weighted by Gasteiger charge is -2.52. The monoisotopic (exact) mass is 2020 g/mol. The molecular weight excluding hydrogens is 1900 g/mol. The molecule has 0 unspecified atom stereocenters. The molecule has 0 radical (unpaired) electrons. The van der Waals surface area contributed by atoms with E-state index < -0.39 is 387 Å². The van der Waals surface area contributed by atoms with Crippen molar-refractivity contribution in [2.24, 2.45) is 0 Å². The van der Waals surface area contributed by atoms with E-state index in [1.54, 1.807) is 0 Å². The van der Waals surface area contributed by atoms with Crippen LogP contribution in [0.25, 0.3) is 0 Å². The zero-order valence-electron chi connectivity index (χ0n) is 79.5. The van der Waals surface area contributed by atoms with Crippen LogP contribution in [-0.2, 0) is 266 Å². The highest BCUT2D eigenvalue weighted by Gasteiger charge is 2.66. The summed E-state index contributed by atoms with van der Waals surface area (Å²) in [4.78, 5) is 287. The van der Waals surface area contributed by atoms with Crippen LogP contribution in [0.3, 0.4) is 0 Å². The van der Waals surface area contributed by atoms with Crippen LogP contribution in [-0.4, -0.2) is 387 Å². The molecule has 21 saturated heterocycles. The maximum Gasteiger partial charge on any atom is 0.303 e. The standard InChI is InChI=1S/C84H112O56/c1-29(85)106-22-50-57-64(113-36(8)92)71(120-43(15)99)78(127-50)135-58-51(23-107-30(2)86)129-80(73(122-45(17)101)65(58)114-37(9)93)137-60-53(25-109-32(4)88)131-82(75(124-47(19)103)67(60)116-39(11)95)139-62-55(27-111-34(6)90)133-84(77(126-49(21)105)69(62)118-41(13)97)140-63-56(28-112-35(7)91)132-83(76(125-48(20)104)70(63)119-42(14)98)138-61-54(26-110-33(5)89)130-81(74(123-46(18)102)68(61)117-40(12)96)136-59-52(24-108-31(3)87)128-79(134-57)72(121-44(16)100)66(59)115-38(10)94/h50-84H,22-28H2,1-21H3/t50-,51-,52-,53-,54-,55-,56-,57-,58-,59-,60-,61-,62-,63-,64-,65-,66-,67-,68-,69-,70-,71+,72+,73+,74+,75+,76+,77+,78-,79-,80-,81-,82-,83-,84-/m1/s1. The van der Waals surface area contributed by atoms with Gasteiger partial charge in [0.1, 0.15) is 132 Å². The first-order valence-electron chi connectivity index (χ1n) is 43.2. The highest BCUT2D eigenvalue weighted by molar-refractivity contribution is 5.74. The van der Waals surface area contributed by atoms with Crippen molar-refractivity contribution in [2.75, 3.05) is 46.2 Å². The summed E-state index contributed by atoms with van der Waals surface area (Å²) in [5, 5.41) is 0. The Balaban J connectivity index is 1.52. The summed E-state index contributed by atoms with van der Waals surface area (Å²) in [5.41, 5.74) is 0. The quantitative estimate of drug-likeness (QED) is 0.0548. The van der Waals surface area contributed by atoms with Gasteiger partial charge in [0.15, 0.2) is 129 Å². The lowest BCUT2D eigenvalue weighted by molar-refractivity contribution is -0.396. The summed E-state index contributed by atoms with van der Waals surface area (Å²) >= 11 is 0. The molecule has 784 valence electrons. The van der Waals surface area contributed by atoms with Gasteiger partial charge in [-0.15, -0.1) is 0 Å². The van der Waals surface area contributed by atoms with Crippen molar-refractivity contribution in [3.8, 4) is 0 Å². The van der Waals surface area contributed by atoms with Gasteiger partial charge in [-0.1, -0.05) is 0 Å². The van der Waals surface area contributed by atoms with Gasteiger partial charge in [-0.25, -0.2) is 0 Å². The molecule has 0 saturated carbocycles. The molecule has 0 amide bonds. The van der Waals surface area contributed by atoms with Crippen molar-refractivity contribution >= 4 is 125 Å². The second kappa shape index (κ2) is 51.6. The molecule has 0 aromatic rings. The smallest absolute Gasteiger partial charge is 0.303 e. The van der Waals surface area contributed by atoms with Crippen LogP contribution in [0.1, 0.15) is 145 Å². The Kier molecular flexibility index (Phi) is 41.9. The zero-order valence-corrected chi connectivity index (χ0v) is 79.5. The molecule has 56 heteroatoms. The number of carbonyl (C=O) groups is 21. The number of esters is 21. The first-order chi connectivity index (χ1) is 65.7. The molecule has 0 aromatic heterocycles. The van der Waals surface area contributed by atoms with Crippen molar-refractivity contribution in [2.45, 2.75) is 360 Å². The summed E-state index contributed by atoms with van der Waals surface area (Å²) in [6.07, 6.45) is -81.4. The van der Waals surface area contributed by atoms with E-state index in [1.807, 2.05) is 0 Å². The second-order valence-electron chi connectivity index (χ2n) is 32.2. The summed E-state index contributed by atoms with van der Waals surface area (Å²) < 4.78 is 215. The van der Waals surface area contributed by atoms with E-state index in [4.69, 9.17) is 166 Å². The number of ether oxygens (including phenoxy) is 35. The van der Waals surface area contributed by atoms with Crippen molar-refractivity contribution in [3.63, 3.8) is 0 Å². The van der Waals surface area contributed by atoms with Gasteiger partial charge in [0, 0.05) is 145 Å². The van der Waals surface area contributed by atoms with Crippen LogP contribution in [0.5, 0.6) is 0 Å². The van der Waals surface area contributed by atoms with Crippen LogP contribution < -0.4 is 0 Å². The maximum absolute atomic E-state index is 14.0. The van der Waals surface area contributed by atoms with E-state index in [9.17, 15) is 101 Å². The molecule has 21 rings (SSSR count). The van der Waals surface area contributed by atoms with Gasteiger partial charge in [0.05, 0.1) is 0 Å². The van der Waals surface area contributed by atoms with E-state index >= 15 is 0 Å². The van der Waals surface area contributed by atoms with E-state index in [-0.39, 0.29) is 0 Å². The van der Waals surface area contributed by atoms with Gasteiger partial charge in [-0.2, -0.15) is 0 Å². The van der Waals surface area contributed by atoms with Crippen molar-refractivity contribution in [1.82, 2.24) is 0 Å². The minimum atomic E-state index is -2.47. The third kappa shape index (κ3) is 32.4. The van der Waals surface area contributed by atoms with Crippen LogP contribution in [0.4, 0.5) is 0 Å². The minimum absolute atomic E-state index is 0.791. The van der Waals surface area contributed by atoms with Crippen molar-refractivity contribution in [3.05, 3.63) is 0 Å². The van der Waals surface area contributed by atoms with E-state index in [2.05, 4.69) is 0 Å². The summed E-state index contributed by atoms with van der Waals surface area (Å²) in [5.74, 6) is -26.2. The van der Waals surface area contributed by atoms with Gasteiger partial charge < -0.3 is 166 Å². The zero-order chi connectivity index (χ0) is 104. The third-order valence-electron chi connectivity index (χ3n) is 20.6. The first-order valence-corrected chi connectivity index (χ1v) is 43.2. The van der Waals surface area contributed by atoms with Crippen LogP contribution >= 0.6 is 0 Å². The SMILES string of the molecule is CC(=O)OC[C@H]1O[C@@H]2O[C@H]3[C@@H](OC(C)=O)[C@H](OC(C)=O)[C@@H](O[C@H]4[C@@H](OC(C)=O)[C@H](OC(C)=O)[C@@H](O[C@H]5[C@@H](OC(C)=O)[C@H](OC(C)=O)[C@@H](O[C@H]6[C@@H](OC(C)=O)[C@H](OC(C)=O)[C@@H](O[C@H]7[C@@H](OC(C)=O)[C@H](OC(C)=O)[C@@H](O[C@H]8[C@@H](OC(C)=O)[C@H](OC(C)=O)[C@@H](O[C@H]1[C@@H](OC(C)=O)[C@@H]2OC(C)=O)O[C@@H]8COC(C)=O)O[C@@H]7COC(C)=O)O[C@@H]6COC(C)=O)O[C@@H]5COC(C)=O)O[C@@H]4COC(C)=O)O[C@@H]3COC(C)=O. The molecule has 21 aliphatic heterocycles. The maximum atomic E-state index is 14.0. The molecule has 21 heterocycles. The molecule has 0 aliphatic carbocycles. The molecular formula is C84H112O56. The van der Waals surface area contributed by atoms with E-state index in [0.717, 1.165) is 145 Å². The molecule has 0 aromatic carbocycles. The summed E-state index contributed by atoms with van der Waals surface area (Å²) in [6, 6.07) is 0. The molecule has 21 aliphatic rings. The predicted molar refractivity (Wildman–Crippen MR) is 429 cm³/mol. The Bertz CT molecular complexity index is 3700. The Morgan fingerprint density at radius 2 is 0.214 bits per heavy atom. The molecule has 56 nitrogen and oxygen atoms in total. The molecule has 0 spiro atoms. The van der Waals surface area contributed by atoms with Gasteiger partial charge >= 0.3 is 125 Å². The average molecular weight is 2020 g/mol. The highest BCUT2D eigenvalue weighted by Crippen LogP contribution is 2.45. The molecule has 140 heavy (non-hydrogen) atoms. The number of hydrogen-bond donors (Lipinski definition) is 0. The average Bonchev–Trinajstić information content (AvgIpc) is 0.769. The number of rotatable bonds is 28. The number of carbonyl (C=O) groups excluding carboxylic acids is 21. The van der Waals surface area contributed by atoms with E-state index in [0.29, 0.717) is 0 Å². The van der Waals surface area contributed by atoms with E-state index in [1.165, 1.54) is 0 Å². The minimum Gasteiger partial charge on any atom is -0.463 e. The lowest BCUT2D eigenvalue weighted by atomic mass is 9.94.